The van der Waals surface area contributed by atoms with E-state index in [9.17, 15) is 4.79 Å². The molecule has 0 bridgehead atoms. The number of nitrogens with zero attached hydrogens (tertiary/aromatic N) is 1. The summed E-state index contributed by atoms with van der Waals surface area (Å²) in [5.41, 5.74) is -0.270. The van der Waals surface area contributed by atoms with Gasteiger partial charge in [0.1, 0.15) is 6.61 Å². The molecule has 0 saturated carbocycles. The van der Waals surface area contributed by atoms with Crippen molar-refractivity contribution in [2.24, 2.45) is 0 Å². The molecule has 1 atom stereocenters. The highest BCUT2D eigenvalue weighted by atomic mass is 16.5. The number of H-pyrrole nitrogens is 1. The topological polar surface area (TPSA) is 67.0 Å². The van der Waals surface area contributed by atoms with Crippen LogP contribution in [0.2, 0.25) is 0 Å². The van der Waals surface area contributed by atoms with Gasteiger partial charge < -0.3 is 15.0 Å². The summed E-state index contributed by atoms with van der Waals surface area (Å²) in [5, 5.41) is 3.34. The van der Waals surface area contributed by atoms with Gasteiger partial charge in [0.2, 0.25) is 0 Å². The van der Waals surface area contributed by atoms with Crippen LogP contribution in [0, 0.1) is 0 Å². The molecule has 2 rings (SSSR count). The van der Waals surface area contributed by atoms with Crippen LogP contribution in [0.3, 0.4) is 0 Å². The van der Waals surface area contributed by atoms with Crippen molar-refractivity contribution in [3.8, 4) is 5.88 Å². The number of ether oxygens (including phenoxy) is 1. The number of rotatable bonds is 3. The van der Waals surface area contributed by atoms with Crippen molar-refractivity contribution in [3.05, 3.63) is 22.7 Å². The zero-order valence-electron chi connectivity index (χ0n) is 8.53. The van der Waals surface area contributed by atoms with Crippen molar-refractivity contribution in [3.63, 3.8) is 0 Å². The number of aromatic nitrogens is 2. The Morgan fingerprint density at radius 1 is 1.53 bits per heavy atom. The van der Waals surface area contributed by atoms with Crippen LogP contribution in [0.25, 0.3) is 0 Å². The third-order valence-corrected chi connectivity index (χ3v) is 2.51. The van der Waals surface area contributed by atoms with Gasteiger partial charge in [-0.3, -0.25) is 4.79 Å². The van der Waals surface area contributed by atoms with E-state index in [2.05, 4.69) is 15.3 Å². The van der Waals surface area contributed by atoms with Crippen LogP contribution in [-0.4, -0.2) is 29.2 Å². The van der Waals surface area contributed by atoms with Gasteiger partial charge in [-0.05, 0) is 19.4 Å². The Bertz CT molecular complexity index is 358. The molecular formula is C10H15N3O2. The molecule has 5 nitrogen and oxygen atoms in total. The highest BCUT2D eigenvalue weighted by molar-refractivity contribution is 5.02. The molecule has 1 aromatic rings. The van der Waals surface area contributed by atoms with Gasteiger partial charge in [0.15, 0.2) is 0 Å². The zero-order valence-corrected chi connectivity index (χ0v) is 8.53. The summed E-state index contributed by atoms with van der Waals surface area (Å²) in [4.78, 5) is 17.6. The molecule has 2 N–H and O–H groups in total. The summed E-state index contributed by atoms with van der Waals surface area (Å²) >= 11 is 0. The van der Waals surface area contributed by atoms with Crippen LogP contribution in [0.5, 0.6) is 5.88 Å². The van der Waals surface area contributed by atoms with E-state index in [0.29, 0.717) is 12.6 Å². The summed E-state index contributed by atoms with van der Waals surface area (Å²) in [7, 11) is 0. The van der Waals surface area contributed by atoms with Crippen molar-refractivity contribution in [1.82, 2.24) is 15.3 Å². The van der Waals surface area contributed by atoms with E-state index >= 15 is 0 Å². The largest absolute Gasteiger partial charge is 0.472 e. The Kier molecular flexibility index (Phi) is 3.34. The summed E-state index contributed by atoms with van der Waals surface area (Å²) in [6.07, 6.45) is 6.56. The maximum absolute atomic E-state index is 11.2. The van der Waals surface area contributed by atoms with E-state index in [1.807, 2.05) is 0 Å². The fraction of sp³-hybridized carbons (Fsp3) is 0.600. The number of hydrogen-bond donors (Lipinski definition) is 2. The summed E-state index contributed by atoms with van der Waals surface area (Å²) < 4.78 is 5.36. The molecule has 0 amide bonds. The fourth-order valence-corrected chi connectivity index (χ4v) is 1.69. The summed E-state index contributed by atoms with van der Waals surface area (Å²) in [6.45, 7) is 1.55. The SMILES string of the molecule is O=c1[nH]ccnc1OCC1CCCCN1. The molecule has 5 heteroatoms. The summed E-state index contributed by atoms with van der Waals surface area (Å²) in [5.74, 6) is 0.157. The van der Waals surface area contributed by atoms with Gasteiger partial charge in [-0.1, -0.05) is 6.42 Å². The van der Waals surface area contributed by atoms with Crippen LogP contribution in [0.15, 0.2) is 17.2 Å². The predicted molar refractivity (Wildman–Crippen MR) is 56.0 cm³/mol. The maximum Gasteiger partial charge on any atom is 0.310 e. The molecule has 1 saturated heterocycles. The zero-order chi connectivity index (χ0) is 10.5. The Balaban J connectivity index is 1.87. The Morgan fingerprint density at radius 3 is 3.20 bits per heavy atom. The Morgan fingerprint density at radius 2 is 2.47 bits per heavy atom. The van der Waals surface area contributed by atoms with E-state index in [-0.39, 0.29) is 11.4 Å². The van der Waals surface area contributed by atoms with E-state index in [1.165, 1.54) is 25.2 Å². The normalized spacial score (nSPS) is 21.2. The second-order valence-electron chi connectivity index (χ2n) is 3.68. The van der Waals surface area contributed by atoms with Gasteiger partial charge in [0.25, 0.3) is 5.88 Å². The minimum atomic E-state index is -0.270. The smallest absolute Gasteiger partial charge is 0.310 e. The lowest BCUT2D eigenvalue weighted by Crippen LogP contribution is -2.39. The molecule has 1 unspecified atom stereocenters. The van der Waals surface area contributed by atoms with Crippen LogP contribution in [-0.2, 0) is 0 Å². The van der Waals surface area contributed by atoms with E-state index in [1.54, 1.807) is 0 Å². The highest BCUT2D eigenvalue weighted by Crippen LogP contribution is 2.07. The molecule has 0 aromatic carbocycles. The molecule has 2 heterocycles. The van der Waals surface area contributed by atoms with Crippen LogP contribution >= 0.6 is 0 Å². The fourth-order valence-electron chi connectivity index (χ4n) is 1.69. The van der Waals surface area contributed by atoms with E-state index in [0.717, 1.165) is 13.0 Å². The molecule has 0 aliphatic carbocycles. The van der Waals surface area contributed by atoms with Crippen molar-refractivity contribution >= 4 is 0 Å². The average Bonchev–Trinajstić information content (AvgIpc) is 2.29. The second kappa shape index (κ2) is 4.93. The number of piperidine rings is 1. The monoisotopic (exact) mass is 209 g/mol. The first kappa shape index (κ1) is 10.2. The minimum Gasteiger partial charge on any atom is -0.472 e. The van der Waals surface area contributed by atoms with Gasteiger partial charge in [0, 0.05) is 18.4 Å². The van der Waals surface area contributed by atoms with Crippen LogP contribution in [0.1, 0.15) is 19.3 Å². The number of nitrogens with one attached hydrogen (secondary N) is 2. The van der Waals surface area contributed by atoms with Gasteiger partial charge in [0.05, 0.1) is 0 Å². The first-order valence-electron chi connectivity index (χ1n) is 5.26. The van der Waals surface area contributed by atoms with Crippen LogP contribution in [0.4, 0.5) is 0 Å². The Labute approximate surface area is 87.9 Å². The predicted octanol–water partition coefficient (Wildman–Crippen LogP) is 0.291. The lowest BCUT2D eigenvalue weighted by atomic mass is 10.1. The molecule has 15 heavy (non-hydrogen) atoms. The molecule has 1 fully saturated rings. The maximum atomic E-state index is 11.2. The molecule has 1 aliphatic heterocycles. The van der Waals surface area contributed by atoms with Crippen LogP contribution < -0.4 is 15.6 Å². The molecule has 0 spiro atoms. The average molecular weight is 209 g/mol. The minimum absolute atomic E-state index is 0.157. The van der Waals surface area contributed by atoms with Crippen molar-refractivity contribution in [2.75, 3.05) is 13.2 Å². The van der Waals surface area contributed by atoms with E-state index < -0.39 is 0 Å². The first-order valence-corrected chi connectivity index (χ1v) is 5.26. The molecular weight excluding hydrogens is 194 g/mol. The molecule has 82 valence electrons. The van der Waals surface area contributed by atoms with Crippen molar-refractivity contribution in [1.29, 1.82) is 0 Å². The van der Waals surface area contributed by atoms with Gasteiger partial charge in [-0.25, -0.2) is 4.98 Å². The van der Waals surface area contributed by atoms with Crippen molar-refractivity contribution in [2.45, 2.75) is 25.3 Å². The highest BCUT2D eigenvalue weighted by Gasteiger charge is 2.13. The van der Waals surface area contributed by atoms with Crippen molar-refractivity contribution < 1.29 is 4.74 Å². The Hall–Kier alpha value is -1.36. The molecule has 1 aliphatic rings. The third kappa shape index (κ3) is 2.79. The lowest BCUT2D eigenvalue weighted by molar-refractivity contribution is 0.229. The second-order valence-corrected chi connectivity index (χ2v) is 3.68. The first-order chi connectivity index (χ1) is 7.36. The molecule has 1 aromatic heterocycles. The van der Waals surface area contributed by atoms with Gasteiger partial charge >= 0.3 is 5.56 Å². The number of aromatic amines is 1. The summed E-state index contributed by atoms with van der Waals surface area (Å²) in [6, 6.07) is 0.347. The van der Waals surface area contributed by atoms with E-state index in [4.69, 9.17) is 4.74 Å². The molecule has 0 radical (unpaired) electrons. The van der Waals surface area contributed by atoms with Gasteiger partial charge in [-0.15, -0.1) is 0 Å². The quantitative estimate of drug-likeness (QED) is 0.751. The number of hydrogen-bond acceptors (Lipinski definition) is 4. The van der Waals surface area contributed by atoms with Gasteiger partial charge in [-0.2, -0.15) is 0 Å². The third-order valence-electron chi connectivity index (χ3n) is 2.51. The lowest BCUT2D eigenvalue weighted by Gasteiger charge is -2.22. The standard InChI is InChI=1S/C10H15N3O2/c14-9-10(13-6-5-12-9)15-7-8-3-1-2-4-11-8/h5-6,8,11H,1-4,7H2,(H,12,14).